The van der Waals surface area contributed by atoms with Crippen LogP contribution in [0.3, 0.4) is 0 Å². The Labute approximate surface area is 212 Å². The Morgan fingerprint density at radius 1 is 0.658 bits per heavy atom. The van der Waals surface area contributed by atoms with E-state index in [0.717, 1.165) is 29.8 Å². The standard InChI is InChI=1S/C13H10O7.C10H6O2.2N3/c14-7-2-1-6(11(18)13(7)20)10(17)5-3-8(15)12(19)9(16)4-5;11-9-6-5-7-3-1-2-4-8(7)10(9)12;2*1-3-2/h1-4,14-16,18-20H;1-6H;;/q;;2*-1. The van der Waals surface area contributed by atoms with Gasteiger partial charge in [-0.05, 0) is 35.9 Å². The van der Waals surface area contributed by atoms with Gasteiger partial charge in [0.2, 0.25) is 17.3 Å². The van der Waals surface area contributed by atoms with E-state index >= 15 is 0 Å². The van der Waals surface area contributed by atoms with E-state index in [0.29, 0.717) is 5.56 Å². The van der Waals surface area contributed by atoms with Crippen LogP contribution in [0.5, 0.6) is 34.5 Å². The van der Waals surface area contributed by atoms with Crippen molar-refractivity contribution >= 4 is 23.4 Å². The molecule has 1 aliphatic rings. The fourth-order valence-electron chi connectivity index (χ4n) is 2.87. The van der Waals surface area contributed by atoms with Gasteiger partial charge in [-0.2, -0.15) is 0 Å². The van der Waals surface area contributed by atoms with Gasteiger partial charge in [0, 0.05) is 11.1 Å². The predicted molar refractivity (Wildman–Crippen MR) is 131 cm³/mol. The van der Waals surface area contributed by atoms with E-state index in [1.165, 1.54) is 15.9 Å². The number of allylic oxidation sites excluding steroid dienone is 1. The van der Waals surface area contributed by atoms with Crippen molar-refractivity contribution in [3.05, 3.63) is 109 Å². The van der Waals surface area contributed by atoms with Gasteiger partial charge < -0.3 is 52.8 Å². The molecule has 194 valence electrons. The summed E-state index contributed by atoms with van der Waals surface area (Å²) < 4.78 is 0. The summed E-state index contributed by atoms with van der Waals surface area (Å²) in [6.45, 7) is 0. The molecule has 0 bridgehead atoms. The monoisotopic (exact) mass is 520 g/mol. The van der Waals surface area contributed by atoms with Gasteiger partial charge in [-0.25, -0.2) is 0 Å². The number of hydrogen-bond acceptors (Lipinski definition) is 9. The number of nitrogens with zero attached hydrogens (tertiary/aromatic N) is 6. The van der Waals surface area contributed by atoms with Crippen LogP contribution < -0.4 is 0 Å². The number of aromatic hydroxyl groups is 6. The summed E-state index contributed by atoms with van der Waals surface area (Å²) in [5, 5.41) is 56.0. The van der Waals surface area contributed by atoms with Crippen molar-refractivity contribution in [1.29, 1.82) is 0 Å². The average molecular weight is 520 g/mol. The van der Waals surface area contributed by atoms with Crippen LogP contribution in [0.25, 0.3) is 38.0 Å². The molecule has 0 atom stereocenters. The number of carbonyl (C=O) groups excluding carboxylic acids is 3. The first kappa shape index (κ1) is 29.9. The number of hydrogen-bond donors (Lipinski definition) is 6. The lowest BCUT2D eigenvalue weighted by molar-refractivity contribution is -0.110. The lowest BCUT2D eigenvalue weighted by Crippen LogP contribution is -2.15. The van der Waals surface area contributed by atoms with Crippen molar-refractivity contribution < 1.29 is 45.0 Å². The molecule has 1 aliphatic carbocycles. The maximum Gasteiger partial charge on any atom is 0.233 e. The maximum absolute atomic E-state index is 12.1. The second kappa shape index (κ2) is 13.7. The van der Waals surface area contributed by atoms with E-state index in [4.69, 9.17) is 27.2 Å². The second-order valence-corrected chi connectivity index (χ2v) is 6.81. The molecule has 3 aromatic rings. The first-order valence-electron chi connectivity index (χ1n) is 9.81. The summed E-state index contributed by atoms with van der Waals surface area (Å²) in [6.07, 6.45) is 2.98. The van der Waals surface area contributed by atoms with Crippen molar-refractivity contribution in [1.82, 2.24) is 0 Å². The normalized spacial score (nSPS) is 10.5. The van der Waals surface area contributed by atoms with E-state index < -0.39 is 51.8 Å². The van der Waals surface area contributed by atoms with Crippen molar-refractivity contribution in [2.45, 2.75) is 0 Å². The molecule has 0 radical (unpaired) electrons. The minimum Gasteiger partial charge on any atom is -0.504 e. The minimum atomic E-state index is -0.858. The second-order valence-electron chi connectivity index (χ2n) is 6.81. The number of benzene rings is 3. The number of ketones is 3. The Bertz CT molecular complexity index is 1450. The zero-order valence-corrected chi connectivity index (χ0v) is 18.9. The molecular formula is C23H16N6O9-2. The Kier molecular flexibility index (Phi) is 10.7. The Balaban J connectivity index is 0.000000338. The highest BCUT2D eigenvalue weighted by molar-refractivity contribution is 6.49. The molecule has 15 nitrogen and oxygen atoms in total. The molecule has 3 aromatic carbocycles. The third kappa shape index (κ3) is 7.16. The van der Waals surface area contributed by atoms with Crippen LogP contribution in [-0.2, 0) is 4.79 Å². The third-order valence-electron chi connectivity index (χ3n) is 4.55. The number of phenolic OH excluding ortho intramolecular Hbond substituents is 6. The third-order valence-corrected chi connectivity index (χ3v) is 4.55. The highest BCUT2D eigenvalue weighted by Gasteiger charge is 2.21. The van der Waals surface area contributed by atoms with Crippen molar-refractivity contribution in [2.75, 3.05) is 0 Å². The van der Waals surface area contributed by atoms with Gasteiger partial charge in [-0.1, -0.05) is 30.3 Å². The Hall–Kier alpha value is -6.17. The van der Waals surface area contributed by atoms with Crippen molar-refractivity contribution in [3.8, 4) is 34.5 Å². The molecule has 0 unspecified atom stereocenters. The van der Waals surface area contributed by atoms with E-state index in [9.17, 15) is 39.9 Å². The number of rotatable bonds is 2. The molecule has 0 saturated carbocycles. The highest BCUT2D eigenvalue weighted by atomic mass is 16.3. The zero-order chi connectivity index (χ0) is 29.0. The summed E-state index contributed by atoms with van der Waals surface area (Å²) in [6, 6.07) is 10.9. The van der Waals surface area contributed by atoms with Crippen molar-refractivity contribution in [3.63, 3.8) is 0 Å². The molecule has 0 saturated heterocycles. The van der Waals surface area contributed by atoms with E-state index in [-0.39, 0.29) is 11.1 Å². The van der Waals surface area contributed by atoms with Gasteiger partial charge in [0.25, 0.3) is 0 Å². The fourth-order valence-corrected chi connectivity index (χ4v) is 2.87. The Morgan fingerprint density at radius 3 is 1.74 bits per heavy atom. The van der Waals surface area contributed by atoms with E-state index in [1.54, 1.807) is 18.2 Å². The van der Waals surface area contributed by atoms with Gasteiger partial charge in [0.15, 0.2) is 34.5 Å². The molecule has 0 amide bonds. The van der Waals surface area contributed by atoms with Gasteiger partial charge in [0.05, 0.1) is 5.56 Å². The van der Waals surface area contributed by atoms with E-state index in [2.05, 4.69) is 0 Å². The summed E-state index contributed by atoms with van der Waals surface area (Å²) >= 11 is 0. The molecule has 0 aromatic heterocycles. The minimum absolute atomic E-state index is 0.224. The molecule has 0 aliphatic heterocycles. The molecular weight excluding hydrogens is 504 g/mol. The SMILES string of the molecule is O=C(c1cc(O)c(O)c(O)c1)c1ccc(O)c(O)c1O.O=C1C=Cc2ccccc2C1=O.[N-]=[N+]=[N-].[N-]=[N+]=[N-]. The lowest BCUT2D eigenvalue weighted by atomic mass is 9.96. The summed E-state index contributed by atoms with van der Waals surface area (Å²) in [7, 11) is 0. The summed E-state index contributed by atoms with van der Waals surface area (Å²) in [5.74, 6) is -6.17. The predicted octanol–water partition coefficient (Wildman–Crippen LogP) is 4.35. The van der Waals surface area contributed by atoms with Crippen LogP contribution in [0.2, 0.25) is 0 Å². The number of phenols is 6. The number of Topliss-reactive ketones (excluding diaryl/α,β-unsaturated/α-hetero) is 1. The van der Waals surface area contributed by atoms with Crippen LogP contribution in [0, 0.1) is 0 Å². The zero-order valence-electron chi connectivity index (χ0n) is 18.9. The van der Waals surface area contributed by atoms with Gasteiger partial charge in [-0.3, -0.25) is 24.2 Å². The van der Waals surface area contributed by atoms with Crippen molar-refractivity contribution in [2.24, 2.45) is 0 Å². The summed E-state index contributed by atoms with van der Waals surface area (Å²) in [4.78, 5) is 37.2. The molecule has 0 spiro atoms. The van der Waals surface area contributed by atoms with Crippen LogP contribution >= 0.6 is 0 Å². The molecule has 4 rings (SSSR count). The van der Waals surface area contributed by atoms with Crippen LogP contribution in [0.15, 0.2) is 54.6 Å². The highest BCUT2D eigenvalue weighted by Crippen LogP contribution is 2.40. The largest absolute Gasteiger partial charge is 0.504 e. The number of fused-ring (bicyclic) bond motifs is 1. The quantitative estimate of drug-likeness (QED) is 0.0697. The van der Waals surface area contributed by atoms with Crippen LogP contribution in [-0.4, -0.2) is 48.0 Å². The average Bonchev–Trinajstić information content (AvgIpc) is 2.89. The summed E-state index contributed by atoms with van der Waals surface area (Å²) in [5.41, 5.74) is 27.8. The first-order valence-corrected chi connectivity index (χ1v) is 9.81. The molecule has 38 heavy (non-hydrogen) atoms. The Morgan fingerprint density at radius 2 is 1.18 bits per heavy atom. The lowest BCUT2D eigenvalue weighted by Gasteiger charge is -2.08. The topological polar surface area (TPSA) is 290 Å². The van der Waals surface area contributed by atoms with Crippen LogP contribution in [0.4, 0.5) is 0 Å². The van der Waals surface area contributed by atoms with E-state index in [1.807, 2.05) is 12.1 Å². The van der Waals surface area contributed by atoms with Gasteiger partial charge in [0.1, 0.15) is 0 Å². The smallest absolute Gasteiger partial charge is 0.233 e. The van der Waals surface area contributed by atoms with Crippen LogP contribution in [0.1, 0.15) is 31.8 Å². The molecule has 6 N–H and O–H groups in total. The molecule has 0 heterocycles. The first-order chi connectivity index (χ1) is 17.9. The molecule has 0 fully saturated rings. The number of carbonyl (C=O) groups is 3. The van der Waals surface area contributed by atoms with Gasteiger partial charge >= 0.3 is 0 Å². The fraction of sp³-hybridized carbons (Fsp3) is 0. The van der Waals surface area contributed by atoms with Gasteiger partial charge in [-0.15, -0.1) is 0 Å². The maximum atomic E-state index is 12.1. The molecule has 15 heteroatoms.